The maximum absolute atomic E-state index is 13.6. The predicted octanol–water partition coefficient (Wildman–Crippen LogP) is 6.26. The Morgan fingerprint density at radius 2 is 1.65 bits per heavy atom. The Hall–Kier alpha value is -1.59. The number of nitrogens with two attached hydrogens (primary N) is 1. The molecule has 34 heavy (non-hydrogen) atoms. The highest BCUT2D eigenvalue weighted by atomic mass is 35.5. The smallest absolute Gasteiger partial charge is 0.237 e. The Kier molecular flexibility index (Phi) is 8.09. The van der Waals surface area contributed by atoms with Gasteiger partial charge in [0.25, 0.3) is 0 Å². The first-order valence-corrected chi connectivity index (χ1v) is 12.8. The van der Waals surface area contributed by atoms with Gasteiger partial charge in [0, 0.05) is 28.5 Å². The van der Waals surface area contributed by atoms with Crippen LogP contribution in [0.25, 0.3) is 0 Å². The fourth-order valence-electron chi connectivity index (χ4n) is 4.97. The Bertz CT molecular complexity index is 994. The summed E-state index contributed by atoms with van der Waals surface area (Å²) in [7, 11) is 0. The van der Waals surface area contributed by atoms with Crippen LogP contribution in [0.15, 0.2) is 48.5 Å². The summed E-state index contributed by atoms with van der Waals surface area (Å²) in [5.41, 5.74) is 8.61. The van der Waals surface area contributed by atoms with Crippen molar-refractivity contribution < 1.29 is 4.79 Å². The van der Waals surface area contributed by atoms with Crippen LogP contribution < -0.4 is 16.4 Å². The van der Waals surface area contributed by atoms with Crippen molar-refractivity contribution in [3.63, 3.8) is 0 Å². The minimum absolute atomic E-state index is 0.00515. The van der Waals surface area contributed by atoms with Gasteiger partial charge in [-0.05, 0) is 59.1 Å². The second-order valence-electron chi connectivity index (χ2n) is 12.0. The van der Waals surface area contributed by atoms with Crippen LogP contribution in [0.1, 0.15) is 71.4 Å². The van der Waals surface area contributed by atoms with E-state index in [-0.39, 0.29) is 28.7 Å². The third-order valence-corrected chi connectivity index (χ3v) is 7.12. The average molecular weight is 505 g/mol. The second kappa shape index (κ2) is 10.2. The first-order valence-electron chi connectivity index (χ1n) is 12.0. The molecule has 1 amide bonds. The van der Waals surface area contributed by atoms with Crippen LogP contribution >= 0.6 is 23.2 Å². The predicted molar refractivity (Wildman–Crippen MR) is 143 cm³/mol. The zero-order valence-corrected chi connectivity index (χ0v) is 22.7. The van der Waals surface area contributed by atoms with Crippen molar-refractivity contribution >= 4 is 29.1 Å². The van der Waals surface area contributed by atoms with Crippen molar-refractivity contribution in [1.29, 1.82) is 0 Å². The summed E-state index contributed by atoms with van der Waals surface area (Å²) in [5, 5.41) is 8.10. The average Bonchev–Trinajstić information content (AvgIpc) is 2.99. The summed E-state index contributed by atoms with van der Waals surface area (Å²) >= 11 is 12.6. The fraction of sp³-hybridized carbons (Fsp3) is 0.536. The number of amides is 1. The van der Waals surface area contributed by atoms with Crippen molar-refractivity contribution in [2.24, 2.45) is 16.6 Å². The van der Waals surface area contributed by atoms with E-state index < -0.39 is 11.6 Å². The van der Waals surface area contributed by atoms with Gasteiger partial charge in [-0.2, -0.15) is 0 Å². The number of rotatable bonds is 6. The molecule has 4 nitrogen and oxygen atoms in total. The molecule has 1 aliphatic heterocycles. The molecule has 0 aliphatic carbocycles. The van der Waals surface area contributed by atoms with E-state index in [2.05, 4.69) is 52.2 Å². The van der Waals surface area contributed by atoms with E-state index >= 15 is 0 Å². The molecule has 2 aromatic carbocycles. The van der Waals surface area contributed by atoms with E-state index in [9.17, 15) is 4.79 Å². The number of carbonyl (C=O) groups is 1. The molecule has 6 heteroatoms. The molecule has 186 valence electrons. The van der Waals surface area contributed by atoms with E-state index in [1.165, 1.54) is 0 Å². The zero-order chi connectivity index (χ0) is 25.3. The van der Waals surface area contributed by atoms with Crippen molar-refractivity contribution in [2.45, 2.75) is 77.9 Å². The molecule has 1 saturated heterocycles. The zero-order valence-electron chi connectivity index (χ0n) is 21.2. The molecule has 0 bridgehead atoms. The molecule has 0 spiro atoms. The summed E-state index contributed by atoms with van der Waals surface area (Å²) in [6.07, 6.45) is 1.69. The summed E-state index contributed by atoms with van der Waals surface area (Å²) in [5.74, 6) is -0.344. The van der Waals surface area contributed by atoms with Gasteiger partial charge in [0.1, 0.15) is 0 Å². The Morgan fingerprint density at radius 3 is 2.21 bits per heavy atom. The number of nitrogens with one attached hydrogen (secondary N) is 2. The normalized spacial score (nSPS) is 25.4. The largest absolute Gasteiger partial charge is 0.355 e. The van der Waals surface area contributed by atoms with Gasteiger partial charge in [0.2, 0.25) is 5.91 Å². The van der Waals surface area contributed by atoms with E-state index in [4.69, 9.17) is 28.9 Å². The third kappa shape index (κ3) is 6.34. The molecule has 0 aromatic heterocycles. The molecular weight excluding hydrogens is 465 g/mol. The van der Waals surface area contributed by atoms with Gasteiger partial charge < -0.3 is 16.4 Å². The van der Waals surface area contributed by atoms with E-state index in [1.54, 1.807) is 0 Å². The van der Waals surface area contributed by atoms with Gasteiger partial charge in [-0.1, -0.05) is 89.0 Å². The highest BCUT2D eigenvalue weighted by Crippen LogP contribution is 2.48. The van der Waals surface area contributed by atoms with Gasteiger partial charge >= 0.3 is 0 Å². The van der Waals surface area contributed by atoms with Crippen molar-refractivity contribution in [3.8, 4) is 0 Å². The molecule has 1 heterocycles. The Balaban J connectivity index is 2.09. The van der Waals surface area contributed by atoms with Gasteiger partial charge in [-0.3, -0.25) is 4.79 Å². The summed E-state index contributed by atoms with van der Waals surface area (Å²) in [4.78, 5) is 13.6. The Labute approximate surface area is 215 Å². The van der Waals surface area contributed by atoms with Crippen LogP contribution in [0.5, 0.6) is 0 Å². The van der Waals surface area contributed by atoms with Crippen LogP contribution in [0.4, 0.5) is 0 Å². The fourth-order valence-corrected chi connectivity index (χ4v) is 5.29. The maximum Gasteiger partial charge on any atom is 0.237 e. The lowest BCUT2D eigenvalue weighted by Crippen LogP contribution is -2.51. The second-order valence-corrected chi connectivity index (χ2v) is 12.9. The quantitative estimate of drug-likeness (QED) is 0.435. The lowest BCUT2D eigenvalue weighted by molar-refractivity contribution is -0.123. The number of benzene rings is 2. The molecule has 1 aliphatic rings. The molecule has 4 N–H and O–H groups in total. The number of hydrogen-bond acceptors (Lipinski definition) is 3. The van der Waals surface area contributed by atoms with Gasteiger partial charge in [0.15, 0.2) is 0 Å². The molecule has 3 rings (SSSR count). The number of hydrogen-bond donors (Lipinski definition) is 3. The van der Waals surface area contributed by atoms with E-state index in [0.29, 0.717) is 16.6 Å². The van der Waals surface area contributed by atoms with E-state index in [0.717, 1.165) is 24.0 Å². The molecule has 0 radical (unpaired) electrons. The van der Waals surface area contributed by atoms with Crippen molar-refractivity contribution in [1.82, 2.24) is 10.6 Å². The highest BCUT2D eigenvalue weighted by Gasteiger charge is 2.56. The minimum atomic E-state index is -0.839. The summed E-state index contributed by atoms with van der Waals surface area (Å²) < 4.78 is 0. The highest BCUT2D eigenvalue weighted by molar-refractivity contribution is 6.30. The van der Waals surface area contributed by atoms with Crippen LogP contribution in [0, 0.1) is 10.8 Å². The van der Waals surface area contributed by atoms with Crippen LogP contribution in [-0.2, 0) is 10.3 Å². The lowest BCUT2D eigenvalue weighted by atomic mass is 9.68. The van der Waals surface area contributed by atoms with Gasteiger partial charge in [0.05, 0.1) is 11.6 Å². The molecule has 2 aromatic rings. The summed E-state index contributed by atoms with van der Waals surface area (Å²) in [6, 6.07) is 14.8. The molecular formula is C28H39Cl2N3O. The topological polar surface area (TPSA) is 67.2 Å². The maximum atomic E-state index is 13.6. The van der Waals surface area contributed by atoms with Crippen LogP contribution in [0.3, 0.4) is 0 Å². The van der Waals surface area contributed by atoms with Crippen LogP contribution in [0.2, 0.25) is 10.0 Å². The number of halogens is 2. The van der Waals surface area contributed by atoms with E-state index in [1.807, 2.05) is 48.5 Å². The first kappa shape index (κ1) is 27.0. The minimum Gasteiger partial charge on any atom is -0.355 e. The molecule has 1 fully saturated rings. The first-order chi connectivity index (χ1) is 15.7. The number of carbonyl (C=O) groups excluding carboxylic acids is 1. The lowest BCUT2D eigenvalue weighted by Gasteiger charge is -2.39. The van der Waals surface area contributed by atoms with Gasteiger partial charge in [-0.15, -0.1) is 0 Å². The third-order valence-electron chi connectivity index (χ3n) is 6.63. The van der Waals surface area contributed by atoms with Crippen molar-refractivity contribution in [3.05, 3.63) is 69.7 Å². The monoisotopic (exact) mass is 503 g/mol. The molecule has 4 unspecified atom stereocenters. The molecule has 0 saturated carbocycles. The molecule has 4 atom stereocenters. The van der Waals surface area contributed by atoms with Gasteiger partial charge in [-0.25, -0.2) is 0 Å². The van der Waals surface area contributed by atoms with Crippen LogP contribution in [-0.4, -0.2) is 24.5 Å². The Morgan fingerprint density at radius 1 is 1.00 bits per heavy atom. The summed E-state index contributed by atoms with van der Waals surface area (Å²) in [6.45, 7) is 13.7. The SMILES string of the molecule is CC(C)(C)CCNC(=O)C1NC(CC(C)(C)C)C(N)(c2ccc(Cl)cc2)C1c1cccc(Cl)c1. The van der Waals surface area contributed by atoms with Crippen molar-refractivity contribution in [2.75, 3.05) is 6.54 Å². The standard InChI is InChI=1S/C28H39Cl2N3O/c1-26(2,3)14-15-32-25(34)24-23(18-8-7-9-21(30)16-18)28(31,19-10-12-20(29)13-11-19)22(33-24)17-27(4,5)6/h7-13,16,22-24,33H,14-15,17,31H2,1-6H3,(H,32,34).